The third kappa shape index (κ3) is 5.18. The number of rotatable bonds is 7. The lowest BCUT2D eigenvalue weighted by atomic mass is 10.2. The first kappa shape index (κ1) is 19.2. The van der Waals surface area contributed by atoms with E-state index in [1.54, 1.807) is 24.3 Å². The molecular formula is C17H15ClN2O6. The second-order valence-corrected chi connectivity index (χ2v) is 5.56. The number of halogens is 1. The maximum atomic E-state index is 11.9. The van der Waals surface area contributed by atoms with E-state index in [4.69, 9.17) is 16.3 Å². The van der Waals surface area contributed by atoms with E-state index in [1.807, 2.05) is 0 Å². The summed E-state index contributed by atoms with van der Waals surface area (Å²) in [6, 6.07) is 10.5. The standard InChI is InChI=1S/C17H15ClN2O6/c1-25-17(22)12-4-7-15(14(8-12)20(23)24)26-10-16(21)19-9-11-2-5-13(18)6-3-11/h2-8H,9-10H2,1H3,(H,19,21). The molecule has 0 aromatic heterocycles. The molecule has 9 heteroatoms. The Labute approximate surface area is 153 Å². The van der Waals surface area contributed by atoms with Gasteiger partial charge in [-0.15, -0.1) is 0 Å². The number of methoxy groups -OCH3 is 1. The van der Waals surface area contributed by atoms with E-state index in [-0.39, 0.29) is 17.9 Å². The lowest BCUT2D eigenvalue weighted by molar-refractivity contribution is -0.385. The minimum Gasteiger partial charge on any atom is -0.477 e. The molecule has 0 fully saturated rings. The van der Waals surface area contributed by atoms with Crippen LogP contribution in [0.2, 0.25) is 5.02 Å². The minimum atomic E-state index is -0.708. The number of amides is 1. The summed E-state index contributed by atoms with van der Waals surface area (Å²) >= 11 is 5.78. The van der Waals surface area contributed by atoms with Crippen LogP contribution in [0.3, 0.4) is 0 Å². The second kappa shape index (κ2) is 8.82. The summed E-state index contributed by atoms with van der Waals surface area (Å²) in [5, 5.41) is 14.3. The Balaban J connectivity index is 1.97. The van der Waals surface area contributed by atoms with Crippen LogP contribution in [0.1, 0.15) is 15.9 Å². The highest BCUT2D eigenvalue weighted by atomic mass is 35.5. The number of ether oxygens (including phenoxy) is 2. The van der Waals surface area contributed by atoms with Gasteiger partial charge in [0.05, 0.1) is 17.6 Å². The molecule has 136 valence electrons. The normalized spacial score (nSPS) is 10.1. The van der Waals surface area contributed by atoms with Crippen LogP contribution in [0.4, 0.5) is 5.69 Å². The highest BCUT2D eigenvalue weighted by Crippen LogP contribution is 2.28. The molecule has 1 amide bonds. The molecule has 0 aliphatic rings. The van der Waals surface area contributed by atoms with Gasteiger partial charge in [-0.25, -0.2) is 4.79 Å². The lowest BCUT2D eigenvalue weighted by Gasteiger charge is -2.09. The van der Waals surface area contributed by atoms with E-state index >= 15 is 0 Å². The van der Waals surface area contributed by atoms with Gasteiger partial charge in [0.15, 0.2) is 12.4 Å². The van der Waals surface area contributed by atoms with Crippen molar-refractivity contribution in [3.8, 4) is 5.75 Å². The zero-order chi connectivity index (χ0) is 19.1. The number of esters is 1. The summed E-state index contributed by atoms with van der Waals surface area (Å²) in [7, 11) is 1.17. The molecule has 0 aliphatic carbocycles. The van der Waals surface area contributed by atoms with Crippen LogP contribution >= 0.6 is 11.6 Å². The Morgan fingerprint density at radius 1 is 1.19 bits per heavy atom. The fraction of sp³-hybridized carbons (Fsp3) is 0.176. The molecule has 0 spiro atoms. The molecule has 2 aromatic rings. The first-order chi connectivity index (χ1) is 12.4. The van der Waals surface area contributed by atoms with Crippen LogP contribution in [0, 0.1) is 10.1 Å². The molecule has 0 unspecified atom stereocenters. The zero-order valence-electron chi connectivity index (χ0n) is 13.7. The minimum absolute atomic E-state index is 0.0127. The van der Waals surface area contributed by atoms with Gasteiger partial charge in [-0.3, -0.25) is 14.9 Å². The quantitative estimate of drug-likeness (QED) is 0.451. The molecule has 0 saturated carbocycles. The topological polar surface area (TPSA) is 108 Å². The van der Waals surface area contributed by atoms with E-state index in [1.165, 1.54) is 19.2 Å². The van der Waals surface area contributed by atoms with Crippen molar-refractivity contribution in [3.05, 3.63) is 68.7 Å². The molecule has 0 heterocycles. The zero-order valence-corrected chi connectivity index (χ0v) is 14.5. The van der Waals surface area contributed by atoms with Gasteiger partial charge in [0.1, 0.15) is 0 Å². The molecule has 8 nitrogen and oxygen atoms in total. The molecular weight excluding hydrogens is 364 g/mol. The Hall–Kier alpha value is -3.13. The van der Waals surface area contributed by atoms with Gasteiger partial charge in [0.25, 0.3) is 5.91 Å². The van der Waals surface area contributed by atoms with Crippen molar-refractivity contribution >= 4 is 29.2 Å². The summed E-state index contributed by atoms with van der Waals surface area (Å²) in [5.74, 6) is -1.28. The third-order valence-electron chi connectivity index (χ3n) is 3.34. The van der Waals surface area contributed by atoms with Gasteiger partial charge in [-0.1, -0.05) is 23.7 Å². The molecule has 0 aliphatic heterocycles. The van der Waals surface area contributed by atoms with Gasteiger partial charge in [-0.05, 0) is 29.8 Å². The van der Waals surface area contributed by atoms with E-state index in [0.717, 1.165) is 11.6 Å². The predicted octanol–water partition coefficient (Wildman–Crippen LogP) is 2.73. The van der Waals surface area contributed by atoms with Crippen molar-refractivity contribution in [1.29, 1.82) is 0 Å². The van der Waals surface area contributed by atoms with Crippen molar-refractivity contribution < 1.29 is 24.0 Å². The third-order valence-corrected chi connectivity index (χ3v) is 3.59. The van der Waals surface area contributed by atoms with Gasteiger partial charge >= 0.3 is 11.7 Å². The van der Waals surface area contributed by atoms with Gasteiger partial charge in [-0.2, -0.15) is 0 Å². The second-order valence-electron chi connectivity index (χ2n) is 5.12. The molecule has 0 radical (unpaired) electrons. The first-order valence-corrected chi connectivity index (χ1v) is 7.79. The van der Waals surface area contributed by atoms with Crippen molar-refractivity contribution in [3.63, 3.8) is 0 Å². The smallest absolute Gasteiger partial charge is 0.338 e. The van der Waals surface area contributed by atoms with Crippen molar-refractivity contribution in [2.24, 2.45) is 0 Å². The maximum absolute atomic E-state index is 11.9. The van der Waals surface area contributed by atoms with E-state index in [9.17, 15) is 19.7 Å². The van der Waals surface area contributed by atoms with Crippen LogP contribution in [-0.2, 0) is 16.1 Å². The summed E-state index contributed by atoms with van der Waals surface area (Å²) in [6.45, 7) is -0.144. The number of hydrogen-bond donors (Lipinski definition) is 1. The van der Waals surface area contributed by atoms with Crippen molar-refractivity contribution in [1.82, 2.24) is 5.32 Å². The summed E-state index contributed by atoms with van der Waals surface area (Å²) in [4.78, 5) is 33.7. The van der Waals surface area contributed by atoms with E-state index in [0.29, 0.717) is 5.02 Å². The highest BCUT2D eigenvalue weighted by Gasteiger charge is 2.19. The SMILES string of the molecule is COC(=O)c1ccc(OCC(=O)NCc2ccc(Cl)cc2)c([N+](=O)[O-])c1. The maximum Gasteiger partial charge on any atom is 0.338 e. The van der Waals surface area contributed by atoms with Crippen LogP contribution in [-0.4, -0.2) is 30.5 Å². The molecule has 2 aromatic carbocycles. The average molecular weight is 379 g/mol. The van der Waals surface area contributed by atoms with E-state index < -0.39 is 29.1 Å². The molecule has 0 saturated heterocycles. The van der Waals surface area contributed by atoms with Gasteiger partial charge in [0.2, 0.25) is 0 Å². The summed E-state index contributed by atoms with van der Waals surface area (Å²) in [5.41, 5.74) is 0.424. The monoisotopic (exact) mass is 378 g/mol. The largest absolute Gasteiger partial charge is 0.477 e. The lowest BCUT2D eigenvalue weighted by Crippen LogP contribution is -2.28. The fourth-order valence-corrected chi connectivity index (χ4v) is 2.15. The average Bonchev–Trinajstić information content (AvgIpc) is 2.65. The summed E-state index contributed by atoms with van der Waals surface area (Å²) in [6.07, 6.45) is 0. The first-order valence-electron chi connectivity index (χ1n) is 7.41. The Morgan fingerprint density at radius 2 is 1.88 bits per heavy atom. The molecule has 0 atom stereocenters. The Morgan fingerprint density at radius 3 is 2.50 bits per heavy atom. The van der Waals surface area contributed by atoms with Gasteiger partial charge in [0, 0.05) is 17.6 Å². The number of nitro groups is 1. The predicted molar refractivity (Wildman–Crippen MR) is 93.2 cm³/mol. The number of hydrogen-bond acceptors (Lipinski definition) is 6. The fourth-order valence-electron chi connectivity index (χ4n) is 2.02. The number of carbonyl (C=O) groups excluding carboxylic acids is 2. The van der Waals surface area contributed by atoms with Crippen LogP contribution in [0.15, 0.2) is 42.5 Å². The van der Waals surface area contributed by atoms with Crippen molar-refractivity contribution in [2.45, 2.75) is 6.54 Å². The Bertz CT molecular complexity index is 823. The highest BCUT2D eigenvalue weighted by molar-refractivity contribution is 6.30. The number of nitrogens with zero attached hydrogens (tertiary/aromatic N) is 1. The number of nitrogens with one attached hydrogen (secondary N) is 1. The van der Waals surface area contributed by atoms with Crippen LogP contribution < -0.4 is 10.1 Å². The number of carbonyl (C=O) groups is 2. The molecule has 26 heavy (non-hydrogen) atoms. The Kier molecular flexibility index (Phi) is 6.51. The molecule has 2 rings (SSSR count). The van der Waals surface area contributed by atoms with Crippen LogP contribution in [0.25, 0.3) is 0 Å². The number of benzene rings is 2. The van der Waals surface area contributed by atoms with Gasteiger partial charge < -0.3 is 14.8 Å². The van der Waals surface area contributed by atoms with E-state index in [2.05, 4.69) is 10.1 Å². The van der Waals surface area contributed by atoms with Crippen molar-refractivity contribution in [2.75, 3.05) is 13.7 Å². The summed E-state index contributed by atoms with van der Waals surface area (Å²) < 4.78 is 9.72. The number of nitro benzene ring substituents is 1. The molecule has 1 N–H and O–H groups in total. The molecule has 0 bridgehead atoms. The van der Waals surface area contributed by atoms with Crippen LogP contribution in [0.5, 0.6) is 5.75 Å².